The summed E-state index contributed by atoms with van der Waals surface area (Å²) >= 11 is 0. The first-order valence-electron chi connectivity index (χ1n) is 8.15. The first-order valence-corrected chi connectivity index (χ1v) is 8.15. The van der Waals surface area contributed by atoms with Crippen LogP contribution >= 0.6 is 0 Å². The number of allylic oxidation sites excluding steroid dienone is 3. The summed E-state index contributed by atoms with van der Waals surface area (Å²) in [5.74, 6) is -1.67. The van der Waals surface area contributed by atoms with Gasteiger partial charge in [-0.05, 0) is 12.5 Å². The van der Waals surface area contributed by atoms with Crippen molar-refractivity contribution in [2.45, 2.75) is 32.0 Å². The molecule has 0 spiro atoms. The van der Waals surface area contributed by atoms with Gasteiger partial charge in [-0.25, -0.2) is 29.1 Å². The molecule has 1 aliphatic rings. The average Bonchev–Trinajstić information content (AvgIpc) is 3.10. The summed E-state index contributed by atoms with van der Waals surface area (Å²) in [6.07, 6.45) is 9.20. The van der Waals surface area contributed by atoms with Gasteiger partial charge < -0.3 is 13.8 Å². The Bertz CT molecular complexity index is 1120. The highest BCUT2D eigenvalue weighted by atomic mass is 16.5. The molecule has 0 fully saturated rings. The van der Waals surface area contributed by atoms with Crippen LogP contribution < -0.4 is 22.9 Å². The molecule has 0 aliphatic heterocycles. The van der Waals surface area contributed by atoms with E-state index in [1.165, 1.54) is 0 Å². The molecule has 0 aromatic carbocycles. The Balaban J connectivity index is 1.81. The summed E-state index contributed by atoms with van der Waals surface area (Å²) < 4.78 is 17.3. The topological polar surface area (TPSA) is 145 Å². The van der Waals surface area contributed by atoms with Gasteiger partial charge in [0, 0.05) is 6.42 Å². The molecule has 0 saturated carbocycles. The predicted molar refractivity (Wildman–Crippen MR) is 92.5 cm³/mol. The van der Waals surface area contributed by atoms with Crippen molar-refractivity contribution in [3.05, 3.63) is 78.0 Å². The molecular formula is C16H18N4O7. The number of ether oxygens (including phenoxy) is 1. The van der Waals surface area contributed by atoms with Gasteiger partial charge in [0.2, 0.25) is 0 Å². The molecular weight excluding hydrogens is 360 g/mol. The van der Waals surface area contributed by atoms with E-state index in [1.54, 1.807) is 24.3 Å². The molecule has 144 valence electrons. The first-order chi connectivity index (χ1) is 12.9. The first kappa shape index (κ1) is 18.5. The molecule has 27 heavy (non-hydrogen) atoms. The second-order valence-electron chi connectivity index (χ2n) is 5.95. The predicted octanol–water partition coefficient (Wildman–Crippen LogP) is -0.509. The van der Waals surface area contributed by atoms with Crippen LogP contribution in [0.4, 0.5) is 0 Å². The molecule has 2 N–H and O–H groups in total. The third kappa shape index (κ3) is 4.26. The van der Waals surface area contributed by atoms with Crippen molar-refractivity contribution in [1.82, 2.24) is 19.4 Å². The smallest absolute Gasteiger partial charge is 0.365 e. The minimum atomic E-state index is -0.922. The van der Waals surface area contributed by atoms with Gasteiger partial charge in [0.1, 0.15) is 5.60 Å². The van der Waals surface area contributed by atoms with Crippen LogP contribution in [-0.4, -0.2) is 31.7 Å². The number of nitrogens with zero attached hydrogens (tertiary/aromatic N) is 2. The lowest BCUT2D eigenvalue weighted by Crippen LogP contribution is -2.39. The highest BCUT2D eigenvalue weighted by molar-refractivity contribution is 5.28. The summed E-state index contributed by atoms with van der Waals surface area (Å²) in [6.45, 7) is 2.20. The van der Waals surface area contributed by atoms with Crippen LogP contribution in [0.1, 0.15) is 13.3 Å². The lowest BCUT2D eigenvalue weighted by atomic mass is 9.91. The van der Waals surface area contributed by atoms with Gasteiger partial charge in [0.05, 0.1) is 19.7 Å². The van der Waals surface area contributed by atoms with Crippen molar-refractivity contribution in [2.24, 2.45) is 0 Å². The van der Waals surface area contributed by atoms with E-state index in [2.05, 4.69) is 0 Å². The van der Waals surface area contributed by atoms with E-state index >= 15 is 0 Å². The van der Waals surface area contributed by atoms with Crippen molar-refractivity contribution in [3.63, 3.8) is 0 Å². The Morgan fingerprint density at radius 3 is 2.33 bits per heavy atom. The fraction of sp³-hybridized carbons (Fsp3) is 0.375. The number of hydrogen-bond acceptors (Lipinski definition) is 7. The second kappa shape index (κ2) is 7.50. The number of nitrogens with one attached hydrogen (secondary N) is 2. The Labute approximate surface area is 150 Å². The normalized spacial score (nSPS) is 19.7. The summed E-state index contributed by atoms with van der Waals surface area (Å²) in [7, 11) is 0. The van der Waals surface area contributed by atoms with Gasteiger partial charge in [-0.15, -0.1) is 9.48 Å². The van der Waals surface area contributed by atoms with Gasteiger partial charge in [0.25, 0.3) is 0 Å². The second-order valence-corrected chi connectivity index (χ2v) is 5.95. The third-order valence-electron chi connectivity index (χ3n) is 4.01. The fourth-order valence-electron chi connectivity index (χ4n) is 2.64. The number of aromatic nitrogens is 4. The van der Waals surface area contributed by atoms with Crippen molar-refractivity contribution in [2.75, 3.05) is 6.61 Å². The summed E-state index contributed by atoms with van der Waals surface area (Å²) in [4.78, 5) is 49.6. The summed E-state index contributed by atoms with van der Waals surface area (Å²) in [5.41, 5.74) is -1.52. The molecule has 11 heteroatoms. The summed E-state index contributed by atoms with van der Waals surface area (Å²) in [6, 6.07) is 0. The van der Waals surface area contributed by atoms with E-state index < -0.39 is 28.5 Å². The highest BCUT2D eigenvalue weighted by Crippen LogP contribution is 2.27. The van der Waals surface area contributed by atoms with Gasteiger partial charge in [0.15, 0.2) is 0 Å². The van der Waals surface area contributed by atoms with Crippen LogP contribution in [0, 0.1) is 0 Å². The molecule has 0 bridgehead atoms. The Hall–Kier alpha value is -3.34. The van der Waals surface area contributed by atoms with E-state index in [9.17, 15) is 19.2 Å². The van der Waals surface area contributed by atoms with Crippen LogP contribution in [0.25, 0.3) is 0 Å². The van der Waals surface area contributed by atoms with Gasteiger partial charge in [-0.1, -0.05) is 30.4 Å². The molecule has 0 radical (unpaired) electrons. The number of aromatic amines is 2. The molecule has 2 heterocycles. The minimum Gasteiger partial charge on any atom is -0.365 e. The molecule has 11 nitrogen and oxygen atoms in total. The molecule has 0 saturated heterocycles. The van der Waals surface area contributed by atoms with Crippen LogP contribution in [0.5, 0.6) is 0 Å². The molecule has 0 amide bonds. The van der Waals surface area contributed by atoms with Crippen molar-refractivity contribution in [3.8, 4) is 0 Å². The van der Waals surface area contributed by atoms with E-state index in [0.29, 0.717) is 18.6 Å². The Morgan fingerprint density at radius 2 is 1.81 bits per heavy atom. The van der Waals surface area contributed by atoms with E-state index in [-0.39, 0.29) is 13.1 Å². The zero-order valence-corrected chi connectivity index (χ0v) is 14.5. The van der Waals surface area contributed by atoms with Crippen LogP contribution in [-0.2, 0) is 17.8 Å². The Kier molecular flexibility index (Phi) is 5.12. The standard InChI is InChI=1S/C16H18N4O7/c1-2-3-8-25-16(10-20-13(22)18-15(24)27-20)6-4-11(5-7-16)9-19-12(21)17-14(23)26-19/h2-6H,7-10H2,1H3,(H,17,21,23)(H,18,22,24)/b3-2-. The zero-order valence-electron chi connectivity index (χ0n) is 14.5. The molecule has 1 aliphatic carbocycles. The van der Waals surface area contributed by atoms with Crippen LogP contribution in [0.3, 0.4) is 0 Å². The third-order valence-corrected chi connectivity index (χ3v) is 4.01. The SMILES string of the molecule is C/C=C\COC1(Cn2oc(=O)[nH]c2=O)C=CC(Cn2oc(=O)[nH]c2=O)=CC1. The van der Waals surface area contributed by atoms with E-state index in [0.717, 1.165) is 9.48 Å². The monoisotopic (exact) mass is 378 g/mol. The van der Waals surface area contributed by atoms with E-state index in [1.807, 2.05) is 23.0 Å². The lowest BCUT2D eigenvalue weighted by molar-refractivity contribution is -0.0217. The molecule has 2 aromatic heterocycles. The number of hydrogen-bond donors (Lipinski definition) is 2. The molecule has 3 rings (SSSR count). The van der Waals surface area contributed by atoms with Gasteiger partial charge in [-0.2, -0.15) is 0 Å². The maximum absolute atomic E-state index is 11.8. The molecule has 1 unspecified atom stereocenters. The maximum atomic E-state index is 11.8. The fourth-order valence-corrected chi connectivity index (χ4v) is 2.64. The average molecular weight is 378 g/mol. The zero-order chi connectivity index (χ0) is 19.4. The quantitative estimate of drug-likeness (QED) is 0.617. The highest BCUT2D eigenvalue weighted by Gasteiger charge is 2.31. The summed E-state index contributed by atoms with van der Waals surface area (Å²) in [5, 5.41) is 0. The van der Waals surface area contributed by atoms with E-state index in [4.69, 9.17) is 13.8 Å². The molecule has 1 atom stereocenters. The van der Waals surface area contributed by atoms with Gasteiger partial charge >= 0.3 is 22.9 Å². The Morgan fingerprint density at radius 1 is 1.15 bits per heavy atom. The number of rotatable bonds is 7. The number of H-pyrrole nitrogens is 2. The van der Waals surface area contributed by atoms with Crippen molar-refractivity contribution in [1.29, 1.82) is 0 Å². The van der Waals surface area contributed by atoms with Crippen LogP contribution in [0.15, 0.2) is 64.2 Å². The largest absolute Gasteiger partial charge is 0.440 e. The minimum absolute atomic E-state index is 0.0123. The molecule has 2 aromatic rings. The lowest BCUT2D eigenvalue weighted by Gasteiger charge is -2.31. The van der Waals surface area contributed by atoms with Crippen LogP contribution in [0.2, 0.25) is 0 Å². The maximum Gasteiger partial charge on any atom is 0.440 e. The van der Waals surface area contributed by atoms with Crippen molar-refractivity contribution >= 4 is 0 Å². The van der Waals surface area contributed by atoms with Crippen molar-refractivity contribution < 1.29 is 13.8 Å². The van der Waals surface area contributed by atoms with Gasteiger partial charge in [-0.3, -0.25) is 0 Å².